The number of guanidine groups is 1. The largest absolute Gasteiger partial charge is 0.370 e. The zero-order chi connectivity index (χ0) is 12.3. The smallest absolute Gasteiger partial charge is 0.188 e. The summed E-state index contributed by atoms with van der Waals surface area (Å²) >= 11 is 0. The van der Waals surface area contributed by atoms with Crippen LogP contribution in [0.25, 0.3) is 10.8 Å². The zero-order valence-electron chi connectivity index (χ0n) is 10.2. The second kappa shape index (κ2) is 4.87. The summed E-state index contributed by atoms with van der Waals surface area (Å²) in [5.41, 5.74) is 8.16. The van der Waals surface area contributed by atoms with Crippen molar-refractivity contribution in [2.45, 2.75) is 13.5 Å². The molecule has 0 spiro atoms. The highest BCUT2D eigenvalue weighted by Gasteiger charge is 2.02. The van der Waals surface area contributed by atoms with E-state index in [0.29, 0.717) is 12.5 Å². The quantitative estimate of drug-likeness (QED) is 0.610. The average molecular weight is 227 g/mol. The van der Waals surface area contributed by atoms with Gasteiger partial charge in [0.05, 0.1) is 0 Å². The predicted octanol–water partition coefficient (Wildman–Crippen LogP) is 2.18. The summed E-state index contributed by atoms with van der Waals surface area (Å²) in [5.74, 6) is 0.467. The van der Waals surface area contributed by atoms with E-state index in [1.54, 1.807) is 7.05 Å². The number of hydrogen-bond donors (Lipinski definition) is 2. The Morgan fingerprint density at radius 3 is 2.59 bits per heavy atom. The van der Waals surface area contributed by atoms with Gasteiger partial charge in [-0.15, -0.1) is 0 Å². The van der Waals surface area contributed by atoms with Crippen molar-refractivity contribution in [2.75, 3.05) is 7.05 Å². The van der Waals surface area contributed by atoms with E-state index in [1.165, 1.54) is 21.9 Å². The first kappa shape index (κ1) is 11.5. The number of nitrogens with two attached hydrogens (primary N) is 1. The van der Waals surface area contributed by atoms with Crippen molar-refractivity contribution in [3.05, 3.63) is 47.5 Å². The molecule has 2 rings (SSSR count). The Balaban J connectivity index is 2.38. The van der Waals surface area contributed by atoms with E-state index in [9.17, 15) is 0 Å². The molecule has 0 unspecified atom stereocenters. The van der Waals surface area contributed by atoms with Crippen LogP contribution in [0.3, 0.4) is 0 Å². The number of nitrogens with one attached hydrogen (secondary N) is 1. The van der Waals surface area contributed by atoms with Crippen LogP contribution in [0.2, 0.25) is 0 Å². The van der Waals surface area contributed by atoms with E-state index < -0.39 is 0 Å². The Kier molecular flexibility index (Phi) is 3.28. The Bertz CT molecular complexity index is 558. The molecular formula is C14H17N3. The molecule has 0 amide bonds. The number of fused-ring (bicyclic) bond motifs is 1. The standard InChI is InChI=1S/C14H17N3/c1-10-7-8-11(9-17-14(15)16-2)13-6-4-3-5-12(10)13/h3-8H,9H2,1-2H3,(H3,15,16,17). The van der Waals surface area contributed by atoms with Gasteiger partial charge < -0.3 is 11.1 Å². The molecule has 0 saturated carbocycles. The minimum Gasteiger partial charge on any atom is -0.370 e. The van der Waals surface area contributed by atoms with Gasteiger partial charge >= 0.3 is 0 Å². The zero-order valence-corrected chi connectivity index (χ0v) is 10.2. The number of hydrogen-bond acceptors (Lipinski definition) is 1. The van der Waals surface area contributed by atoms with E-state index in [4.69, 9.17) is 5.73 Å². The minimum atomic E-state index is 0.467. The SMILES string of the molecule is CN=C(N)NCc1ccc(C)c2ccccc12. The third-order valence-corrected chi connectivity index (χ3v) is 2.93. The summed E-state index contributed by atoms with van der Waals surface area (Å²) in [4.78, 5) is 3.88. The van der Waals surface area contributed by atoms with E-state index in [2.05, 4.69) is 53.6 Å². The maximum atomic E-state index is 5.63. The third-order valence-electron chi connectivity index (χ3n) is 2.93. The highest BCUT2D eigenvalue weighted by Crippen LogP contribution is 2.22. The molecule has 0 heterocycles. The van der Waals surface area contributed by atoms with Gasteiger partial charge in [-0.3, -0.25) is 4.99 Å². The van der Waals surface area contributed by atoms with Crippen LogP contribution in [-0.4, -0.2) is 13.0 Å². The molecule has 17 heavy (non-hydrogen) atoms. The Morgan fingerprint density at radius 2 is 1.88 bits per heavy atom. The molecule has 0 aliphatic carbocycles. The molecule has 2 aromatic carbocycles. The molecule has 0 aromatic heterocycles. The summed E-state index contributed by atoms with van der Waals surface area (Å²) in [6, 6.07) is 12.7. The van der Waals surface area contributed by atoms with Crippen molar-refractivity contribution in [3.63, 3.8) is 0 Å². The van der Waals surface area contributed by atoms with Crippen LogP contribution in [0.1, 0.15) is 11.1 Å². The molecule has 3 heteroatoms. The van der Waals surface area contributed by atoms with Crippen LogP contribution in [0.15, 0.2) is 41.4 Å². The van der Waals surface area contributed by atoms with Gasteiger partial charge in [0.15, 0.2) is 5.96 Å². The lowest BCUT2D eigenvalue weighted by Gasteiger charge is -2.10. The van der Waals surface area contributed by atoms with Crippen LogP contribution in [0, 0.1) is 6.92 Å². The maximum Gasteiger partial charge on any atom is 0.188 e. The van der Waals surface area contributed by atoms with Gasteiger partial charge in [-0.25, -0.2) is 0 Å². The van der Waals surface area contributed by atoms with Gasteiger partial charge in [0.1, 0.15) is 0 Å². The molecule has 0 aliphatic heterocycles. The lowest BCUT2D eigenvalue weighted by atomic mass is 10.0. The first-order chi connectivity index (χ1) is 8.22. The third kappa shape index (κ3) is 2.38. The van der Waals surface area contributed by atoms with Crippen LogP contribution >= 0.6 is 0 Å². The molecule has 0 radical (unpaired) electrons. The van der Waals surface area contributed by atoms with E-state index in [-0.39, 0.29) is 0 Å². The van der Waals surface area contributed by atoms with Gasteiger partial charge in [-0.2, -0.15) is 0 Å². The molecule has 88 valence electrons. The number of benzene rings is 2. The Hall–Kier alpha value is -2.03. The van der Waals surface area contributed by atoms with Crippen molar-refractivity contribution in [2.24, 2.45) is 10.7 Å². The lowest BCUT2D eigenvalue weighted by molar-refractivity contribution is 0.908. The summed E-state index contributed by atoms with van der Waals surface area (Å²) < 4.78 is 0. The molecule has 0 bridgehead atoms. The predicted molar refractivity (Wildman–Crippen MR) is 73.1 cm³/mol. The lowest BCUT2D eigenvalue weighted by Crippen LogP contribution is -2.30. The molecule has 3 nitrogen and oxygen atoms in total. The Morgan fingerprint density at radius 1 is 1.18 bits per heavy atom. The normalized spacial score (nSPS) is 11.8. The monoisotopic (exact) mass is 227 g/mol. The van der Waals surface area contributed by atoms with E-state index in [0.717, 1.165) is 0 Å². The Labute approximate surface area is 101 Å². The topological polar surface area (TPSA) is 50.4 Å². The second-order valence-corrected chi connectivity index (χ2v) is 4.05. The van der Waals surface area contributed by atoms with Gasteiger partial charge in [-0.1, -0.05) is 36.4 Å². The molecule has 0 saturated heterocycles. The van der Waals surface area contributed by atoms with Gasteiger partial charge in [0.25, 0.3) is 0 Å². The van der Waals surface area contributed by atoms with E-state index in [1.807, 2.05) is 0 Å². The fraction of sp³-hybridized carbons (Fsp3) is 0.214. The van der Waals surface area contributed by atoms with Crippen LogP contribution in [0.4, 0.5) is 0 Å². The van der Waals surface area contributed by atoms with Crippen LogP contribution < -0.4 is 11.1 Å². The fourth-order valence-electron chi connectivity index (χ4n) is 1.93. The minimum absolute atomic E-state index is 0.467. The number of aliphatic imine (C=N–C) groups is 1. The number of aryl methyl sites for hydroxylation is 1. The molecule has 3 N–H and O–H groups in total. The number of rotatable bonds is 2. The van der Waals surface area contributed by atoms with Crippen molar-refractivity contribution >= 4 is 16.7 Å². The van der Waals surface area contributed by atoms with Crippen molar-refractivity contribution in [1.82, 2.24) is 5.32 Å². The van der Waals surface area contributed by atoms with Gasteiger partial charge in [-0.05, 0) is 28.8 Å². The first-order valence-corrected chi connectivity index (χ1v) is 5.65. The summed E-state index contributed by atoms with van der Waals surface area (Å²) in [6.45, 7) is 2.82. The van der Waals surface area contributed by atoms with Gasteiger partial charge in [0.2, 0.25) is 0 Å². The molecular weight excluding hydrogens is 210 g/mol. The van der Waals surface area contributed by atoms with Crippen LogP contribution in [-0.2, 0) is 6.54 Å². The highest BCUT2D eigenvalue weighted by molar-refractivity contribution is 5.89. The van der Waals surface area contributed by atoms with E-state index >= 15 is 0 Å². The molecule has 0 aliphatic rings. The van der Waals surface area contributed by atoms with Crippen molar-refractivity contribution in [3.8, 4) is 0 Å². The number of nitrogens with zero attached hydrogens (tertiary/aromatic N) is 1. The maximum absolute atomic E-state index is 5.63. The van der Waals surface area contributed by atoms with Crippen molar-refractivity contribution < 1.29 is 0 Å². The summed E-state index contributed by atoms with van der Waals surface area (Å²) in [5, 5.41) is 5.65. The average Bonchev–Trinajstić information content (AvgIpc) is 2.38. The fourth-order valence-corrected chi connectivity index (χ4v) is 1.93. The first-order valence-electron chi connectivity index (χ1n) is 5.65. The highest BCUT2D eigenvalue weighted by atomic mass is 15.1. The molecule has 0 fully saturated rings. The van der Waals surface area contributed by atoms with Gasteiger partial charge in [0, 0.05) is 13.6 Å². The summed E-state index contributed by atoms with van der Waals surface area (Å²) in [7, 11) is 1.68. The van der Waals surface area contributed by atoms with Crippen molar-refractivity contribution in [1.29, 1.82) is 0 Å². The molecule has 0 atom stereocenters. The summed E-state index contributed by atoms with van der Waals surface area (Å²) in [6.07, 6.45) is 0. The van der Waals surface area contributed by atoms with Crippen LogP contribution in [0.5, 0.6) is 0 Å². The second-order valence-electron chi connectivity index (χ2n) is 4.05. The molecule has 2 aromatic rings.